The molecule has 0 saturated heterocycles. The smallest absolute Gasteiger partial charge is 0.302 e. The number of rotatable bonds is 4. The zero-order chi connectivity index (χ0) is 11.3. The Morgan fingerprint density at radius 1 is 1.40 bits per heavy atom. The summed E-state index contributed by atoms with van der Waals surface area (Å²) in [4.78, 5) is 10.7. The van der Waals surface area contributed by atoms with E-state index in [0.29, 0.717) is 0 Å². The average Bonchev–Trinajstić information content (AvgIpc) is 2.18. The summed E-state index contributed by atoms with van der Waals surface area (Å²) in [6, 6.07) is 9.78. The molecular weight excluding hydrogens is 190 g/mol. The quantitative estimate of drug-likeness (QED) is 0.761. The molecule has 0 spiro atoms. The van der Waals surface area contributed by atoms with Crippen molar-refractivity contribution in [3.8, 4) is 0 Å². The molecule has 0 aliphatic carbocycles. The molecule has 0 heterocycles. The molecule has 82 valence electrons. The molecule has 3 heteroatoms. The molecule has 0 aliphatic heterocycles. The Bertz CT molecular complexity index is 311. The normalized spacial score (nSPS) is 14.3. The van der Waals surface area contributed by atoms with Crippen molar-refractivity contribution in [3.05, 3.63) is 35.9 Å². The van der Waals surface area contributed by atoms with Gasteiger partial charge in [-0.2, -0.15) is 0 Å². The van der Waals surface area contributed by atoms with Crippen LogP contribution in [0.1, 0.15) is 19.4 Å². The second kappa shape index (κ2) is 5.51. The molecule has 1 rings (SSSR count). The minimum absolute atomic E-state index is 0.156. The van der Waals surface area contributed by atoms with Gasteiger partial charge in [-0.05, 0) is 18.9 Å². The number of ether oxygens (including phenoxy) is 1. The Labute approximate surface area is 90.2 Å². The Balaban J connectivity index is 2.48. The van der Waals surface area contributed by atoms with Gasteiger partial charge in [0.2, 0.25) is 0 Å². The maximum atomic E-state index is 10.7. The summed E-state index contributed by atoms with van der Waals surface area (Å²) >= 11 is 0. The predicted octanol–water partition coefficient (Wildman–Crippen LogP) is 1.51. The van der Waals surface area contributed by atoms with Gasteiger partial charge in [0, 0.05) is 13.0 Å². The first kappa shape index (κ1) is 11.7. The molecule has 0 unspecified atom stereocenters. The van der Waals surface area contributed by atoms with Crippen molar-refractivity contribution in [2.75, 3.05) is 0 Å². The van der Waals surface area contributed by atoms with Gasteiger partial charge in [-0.1, -0.05) is 30.3 Å². The number of hydrogen-bond donors (Lipinski definition) is 1. The van der Waals surface area contributed by atoms with Crippen LogP contribution in [0.15, 0.2) is 30.3 Å². The van der Waals surface area contributed by atoms with E-state index in [2.05, 4.69) is 0 Å². The van der Waals surface area contributed by atoms with Crippen molar-refractivity contribution >= 4 is 5.97 Å². The summed E-state index contributed by atoms with van der Waals surface area (Å²) in [6.45, 7) is 3.21. The third-order valence-corrected chi connectivity index (χ3v) is 2.27. The molecule has 0 aliphatic rings. The van der Waals surface area contributed by atoms with E-state index in [9.17, 15) is 4.79 Å². The maximum Gasteiger partial charge on any atom is 0.302 e. The van der Waals surface area contributed by atoms with Crippen molar-refractivity contribution in [1.82, 2.24) is 0 Å². The van der Waals surface area contributed by atoms with E-state index in [1.165, 1.54) is 6.92 Å². The average molecular weight is 207 g/mol. The van der Waals surface area contributed by atoms with Crippen LogP contribution in [0.3, 0.4) is 0 Å². The molecule has 2 N–H and O–H groups in total. The molecule has 0 radical (unpaired) electrons. The molecule has 15 heavy (non-hydrogen) atoms. The highest BCUT2D eigenvalue weighted by atomic mass is 16.5. The lowest BCUT2D eigenvalue weighted by Crippen LogP contribution is -2.37. The Kier molecular flexibility index (Phi) is 4.31. The summed E-state index contributed by atoms with van der Waals surface area (Å²) in [5.74, 6) is -0.286. The van der Waals surface area contributed by atoms with Crippen LogP contribution in [0.4, 0.5) is 0 Å². The van der Waals surface area contributed by atoms with Gasteiger partial charge in [-0.15, -0.1) is 0 Å². The van der Waals surface area contributed by atoms with Gasteiger partial charge in [-0.3, -0.25) is 4.79 Å². The zero-order valence-corrected chi connectivity index (χ0v) is 9.14. The van der Waals surface area contributed by atoms with Gasteiger partial charge in [0.25, 0.3) is 0 Å². The summed E-state index contributed by atoms with van der Waals surface area (Å²) in [5.41, 5.74) is 7.08. The Hall–Kier alpha value is -1.35. The van der Waals surface area contributed by atoms with Crippen molar-refractivity contribution in [2.24, 2.45) is 5.73 Å². The SMILES string of the molecule is CC(=O)O[C@@H](C)[C@@H](N)Cc1ccccc1. The predicted molar refractivity (Wildman–Crippen MR) is 59.3 cm³/mol. The molecule has 0 bridgehead atoms. The fourth-order valence-corrected chi connectivity index (χ4v) is 1.40. The highest BCUT2D eigenvalue weighted by Crippen LogP contribution is 2.06. The number of nitrogens with two attached hydrogens (primary N) is 1. The Morgan fingerprint density at radius 2 is 2.00 bits per heavy atom. The van der Waals surface area contributed by atoms with E-state index >= 15 is 0 Å². The molecule has 1 aromatic rings. The van der Waals surface area contributed by atoms with Crippen LogP contribution in [-0.2, 0) is 16.0 Å². The third kappa shape index (κ3) is 4.13. The van der Waals surface area contributed by atoms with Crippen molar-refractivity contribution in [2.45, 2.75) is 32.4 Å². The number of esters is 1. The monoisotopic (exact) mass is 207 g/mol. The minimum Gasteiger partial charge on any atom is -0.461 e. The maximum absolute atomic E-state index is 10.7. The molecule has 0 aromatic heterocycles. The van der Waals surface area contributed by atoms with Crippen LogP contribution in [-0.4, -0.2) is 18.1 Å². The van der Waals surface area contributed by atoms with Gasteiger partial charge < -0.3 is 10.5 Å². The van der Waals surface area contributed by atoms with Gasteiger partial charge >= 0.3 is 5.97 Å². The minimum atomic E-state index is -0.286. The molecule has 0 fully saturated rings. The lowest BCUT2D eigenvalue weighted by Gasteiger charge is -2.19. The van der Waals surface area contributed by atoms with Crippen molar-refractivity contribution in [1.29, 1.82) is 0 Å². The van der Waals surface area contributed by atoms with Crippen LogP contribution in [0.5, 0.6) is 0 Å². The first-order valence-electron chi connectivity index (χ1n) is 5.06. The van der Waals surface area contributed by atoms with Crippen LogP contribution < -0.4 is 5.73 Å². The lowest BCUT2D eigenvalue weighted by atomic mass is 10.0. The first-order chi connectivity index (χ1) is 7.09. The standard InChI is InChI=1S/C12H17NO2/c1-9(15-10(2)14)12(13)8-11-6-4-3-5-7-11/h3-7,9,12H,8,13H2,1-2H3/t9-,12-/m0/s1. The van der Waals surface area contributed by atoms with Crippen LogP contribution >= 0.6 is 0 Å². The zero-order valence-electron chi connectivity index (χ0n) is 9.14. The van der Waals surface area contributed by atoms with Crippen LogP contribution in [0, 0.1) is 0 Å². The summed E-state index contributed by atoms with van der Waals surface area (Å²) in [5, 5.41) is 0. The van der Waals surface area contributed by atoms with Gasteiger partial charge in [0.05, 0.1) is 0 Å². The summed E-state index contributed by atoms with van der Waals surface area (Å²) in [7, 11) is 0. The second-order valence-electron chi connectivity index (χ2n) is 3.67. The van der Waals surface area contributed by atoms with Crippen LogP contribution in [0.2, 0.25) is 0 Å². The fourth-order valence-electron chi connectivity index (χ4n) is 1.40. The molecular formula is C12H17NO2. The van der Waals surface area contributed by atoms with Crippen molar-refractivity contribution < 1.29 is 9.53 Å². The number of carbonyl (C=O) groups is 1. The molecule has 3 nitrogen and oxygen atoms in total. The molecule has 2 atom stereocenters. The van der Waals surface area contributed by atoms with E-state index < -0.39 is 0 Å². The van der Waals surface area contributed by atoms with E-state index in [-0.39, 0.29) is 18.1 Å². The highest BCUT2D eigenvalue weighted by molar-refractivity contribution is 5.66. The van der Waals surface area contributed by atoms with Crippen LogP contribution in [0.25, 0.3) is 0 Å². The summed E-state index contributed by atoms with van der Waals surface area (Å²) < 4.78 is 5.02. The fraction of sp³-hybridized carbons (Fsp3) is 0.417. The van der Waals surface area contributed by atoms with E-state index in [0.717, 1.165) is 12.0 Å². The third-order valence-electron chi connectivity index (χ3n) is 2.27. The van der Waals surface area contributed by atoms with Gasteiger partial charge in [0.1, 0.15) is 6.10 Å². The van der Waals surface area contributed by atoms with E-state index in [1.54, 1.807) is 0 Å². The topological polar surface area (TPSA) is 52.3 Å². The Morgan fingerprint density at radius 3 is 2.53 bits per heavy atom. The lowest BCUT2D eigenvalue weighted by molar-refractivity contribution is -0.146. The largest absolute Gasteiger partial charge is 0.461 e. The van der Waals surface area contributed by atoms with Gasteiger partial charge in [-0.25, -0.2) is 0 Å². The molecule has 0 saturated carbocycles. The van der Waals surface area contributed by atoms with E-state index in [1.807, 2.05) is 37.3 Å². The number of benzene rings is 1. The summed E-state index contributed by atoms with van der Waals surface area (Å²) in [6.07, 6.45) is 0.470. The van der Waals surface area contributed by atoms with E-state index in [4.69, 9.17) is 10.5 Å². The van der Waals surface area contributed by atoms with Gasteiger partial charge in [0.15, 0.2) is 0 Å². The second-order valence-corrected chi connectivity index (χ2v) is 3.67. The highest BCUT2D eigenvalue weighted by Gasteiger charge is 2.15. The first-order valence-corrected chi connectivity index (χ1v) is 5.06. The molecule has 1 aromatic carbocycles. The van der Waals surface area contributed by atoms with Crippen molar-refractivity contribution in [3.63, 3.8) is 0 Å². The number of hydrogen-bond acceptors (Lipinski definition) is 3. The molecule has 0 amide bonds. The number of carbonyl (C=O) groups excluding carboxylic acids is 1.